The minimum Gasteiger partial charge on any atom is -0.326 e. The minimum absolute atomic E-state index is 0.177. The second-order valence-corrected chi connectivity index (χ2v) is 6.13. The van der Waals surface area contributed by atoms with Gasteiger partial charge >= 0.3 is 0 Å². The molecule has 2 aromatic carbocycles. The molecule has 0 amide bonds. The van der Waals surface area contributed by atoms with Gasteiger partial charge in [-0.1, -0.05) is 60.7 Å². The van der Waals surface area contributed by atoms with Crippen LogP contribution in [0.5, 0.6) is 0 Å². The second-order valence-electron chi connectivity index (χ2n) is 5.02. The lowest BCUT2D eigenvalue weighted by molar-refractivity contribution is 0.942. The van der Waals surface area contributed by atoms with Crippen LogP contribution in [0.4, 0.5) is 0 Å². The zero-order chi connectivity index (χ0) is 14.7. The highest BCUT2D eigenvalue weighted by Gasteiger charge is 2.21. The molecular weight excluding hydrogens is 276 g/mol. The normalized spacial score (nSPS) is 11.0. The third kappa shape index (κ3) is 2.89. The van der Waals surface area contributed by atoms with Crippen LogP contribution >= 0.6 is 11.3 Å². The van der Waals surface area contributed by atoms with Crippen LogP contribution in [0.2, 0.25) is 0 Å². The van der Waals surface area contributed by atoms with Gasteiger partial charge < -0.3 is 5.73 Å². The average Bonchev–Trinajstić information content (AvgIpc) is 2.90. The van der Waals surface area contributed by atoms with Gasteiger partial charge in [-0.2, -0.15) is 0 Å². The van der Waals surface area contributed by atoms with Crippen LogP contribution in [-0.4, -0.2) is 4.98 Å². The Morgan fingerprint density at radius 1 is 0.952 bits per heavy atom. The maximum absolute atomic E-state index is 5.81. The largest absolute Gasteiger partial charge is 0.326 e. The Morgan fingerprint density at radius 3 is 1.90 bits per heavy atom. The molecule has 3 aromatic rings. The quantitative estimate of drug-likeness (QED) is 0.787. The molecule has 1 heterocycles. The Labute approximate surface area is 129 Å². The zero-order valence-corrected chi connectivity index (χ0v) is 12.8. The molecule has 0 spiro atoms. The van der Waals surface area contributed by atoms with E-state index in [1.807, 2.05) is 19.1 Å². The molecule has 0 aliphatic rings. The molecule has 3 heteroatoms. The summed E-state index contributed by atoms with van der Waals surface area (Å²) in [5.74, 6) is 0.177. The van der Waals surface area contributed by atoms with Gasteiger partial charge in [-0.05, 0) is 18.1 Å². The van der Waals surface area contributed by atoms with Gasteiger partial charge in [0.15, 0.2) is 0 Å². The van der Waals surface area contributed by atoms with Crippen molar-refractivity contribution in [3.63, 3.8) is 0 Å². The fourth-order valence-electron chi connectivity index (χ4n) is 2.53. The van der Waals surface area contributed by atoms with Crippen LogP contribution in [0.15, 0.2) is 60.7 Å². The third-order valence-electron chi connectivity index (χ3n) is 3.61. The standard InChI is InChI=1S/C18H18N2S/c1-13-16(12-19)21-18(20-13)17(14-8-4-2-5-9-14)15-10-6-3-7-11-15/h2-11,17H,12,19H2,1H3. The molecule has 106 valence electrons. The van der Waals surface area contributed by atoms with Gasteiger partial charge in [-0.25, -0.2) is 4.98 Å². The summed E-state index contributed by atoms with van der Waals surface area (Å²) in [4.78, 5) is 5.94. The number of benzene rings is 2. The van der Waals surface area contributed by atoms with Crippen LogP contribution in [0.25, 0.3) is 0 Å². The first-order valence-corrected chi connectivity index (χ1v) is 7.87. The van der Waals surface area contributed by atoms with E-state index in [0.29, 0.717) is 6.54 Å². The first-order chi connectivity index (χ1) is 10.3. The van der Waals surface area contributed by atoms with Crippen LogP contribution in [0.1, 0.15) is 32.6 Å². The van der Waals surface area contributed by atoms with Crippen molar-refractivity contribution >= 4 is 11.3 Å². The summed E-state index contributed by atoms with van der Waals surface area (Å²) in [5.41, 5.74) is 9.39. The van der Waals surface area contributed by atoms with Crippen molar-refractivity contribution in [3.8, 4) is 0 Å². The van der Waals surface area contributed by atoms with Crippen molar-refractivity contribution < 1.29 is 0 Å². The van der Waals surface area contributed by atoms with E-state index in [4.69, 9.17) is 10.7 Å². The summed E-state index contributed by atoms with van der Waals surface area (Å²) in [7, 11) is 0. The number of nitrogens with two attached hydrogens (primary N) is 1. The highest BCUT2D eigenvalue weighted by Crippen LogP contribution is 2.35. The molecule has 2 nitrogen and oxygen atoms in total. The predicted octanol–water partition coefficient (Wildman–Crippen LogP) is 4.09. The lowest BCUT2D eigenvalue weighted by Gasteiger charge is -2.15. The van der Waals surface area contributed by atoms with E-state index in [1.165, 1.54) is 16.0 Å². The first-order valence-electron chi connectivity index (χ1n) is 7.05. The SMILES string of the molecule is Cc1nc(C(c2ccccc2)c2ccccc2)sc1CN. The van der Waals surface area contributed by atoms with Gasteiger partial charge in [0, 0.05) is 11.4 Å². The summed E-state index contributed by atoms with van der Waals surface area (Å²) in [6.45, 7) is 2.59. The fraction of sp³-hybridized carbons (Fsp3) is 0.167. The minimum atomic E-state index is 0.177. The molecular formula is C18H18N2S. The lowest BCUT2D eigenvalue weighted by Crippen LogP contribution is -2.02. The topological polar surface area (TPSA) is 38.9 Å². The molecule has 0 aliphatic carbocycles. The van der Waals surface area contributed by atoms with E-state index in [0.717, 1.165) is 10.7 Å². The van der Waals surface area contributed by atoms with Gasteiger partial charge in [-0.3, -0.25) is 0 Å². The van der Waals surface area contributed by atoms with E-state index in [2.05, 4.69) is 48.5 Å². The van der Waals surface area contributed by atoms with Crippen molar-refractivity contribution in [2.24, 2.45) is 5.73 Å². The van der Waals surface area contributed by atoms with Gasteiger partial charge in [0.1, 0.15) is 5.01 Å². The van der Waals surface area contributed by atoms with Crippen molar-refractivity contribution in [2.45, 2.75) is 19.4 Å². The molecule has 0 bridgehead atoms. The van der Waals surface area contributed by atoms with Crippen molar-refractivity contribution in [1.29, 1.82) is 0 Å². The maximum atomic E-state index is 5.81. The number of hydrogen-bond acceptors (Lipinski definition) is 3. The Balaban J connectivity index is 2.12. The Hall–Kier alpha value is -1.97. The molecule has 21 heavy (non-hydrogen) atoms. The molecule has 3 rings (SSSR count). The van der Waals surface area contributed by atoms with Gasteiger partial charge in [-0.15, -0.1) is 11.3 Å². The van der Waals surface area contributed by atoms with Crippen molar-refractivity contribution in [2.75, 3.05) is 0 Å². The summed E-state index contributed by atoms with van der Waals surface area (Å²) in [6, 6.07) is 21.1. The average molecular weight is 294 g/mol. The van der Waals surface area contributed by atoms with E-state index in [-0.39, 0.29) is 5.92 Å². The number of nitrogens with zero attached hydrogens (tertiary/aromatic N) is 1. The highest BCUT2D eigenvalue weighted by molar-refractivity contribution is 7.11. The van der Waals surface area contributed by atoms with E-state index < -0.39 is 0 Å². The van der Waals surface area contributed by atoms with E-state index in [1.54, 1.807) is 11.3 Å². The molecule has 2 N–H and O–H groups in total. The molecule has 0 aliphatic heterocycles. The highest BCUT2D eigenvalue weighted by atomic mass is 32.1. The van der Waals surface area contributed by atoms with Crippen molar-refractivity contribution in [1.82, 2.24) is 4.98 Å². The van der Waals surface area contributed by atoms with E-state index >= 15 is 0 Å². The van der Waals surface area contributed by atoms with Crippen LogP contribution in [-0.2, 0) is 6.54 Å². The Bertz CT molecular complexity index is 665. The van der Waals surface area contributed by atoms with E-state index in [9.17, 15) is 0 Å². The monoisotopic (exact) mass is 294 g/mol. The summed E-state index contributed by atoms with van der Waals surface area (Å²) in [6.07, 6.45) is 0. The molecule has 0 radical (unpaired) electrons. The zero-order valence-electron chi connectivity index (χ0n) is 12.0. The molecule has 0 fully saturated rings. The molecule has 1 aromatic heterocycles. The number of thiazole rings is 1. The van der Waals surface area contributed by atoms with Gasteiger partial charge in [0.2, 0.25) is 0 Å². The van der Waals surface area contributed by atoms with Crippen LogP contribution in [0.3, 0.4) is 0 Å². The molecule has 0 saturated heterocycles. The first kappa shape index (κ1) is 14.0. The third-order valence-corrected chi connectivity index (χ3v) is 4.85. The van der Waals surface area contributed by atoms with Crippen molar-refractivity contribution in [3.05, 3.63) is 87.4 Å². The number of hydrogen-bond donors (Lipinski definition) is 1. The smallest absolute Gasteiger partial charge is 0.105 e. The number of aryl methyl sites for hydroxylation is 1. The summed E-state index contributed by atoms with van der Waals surface area (Å²) in [5, 5.41) is 1.12. The summed E-state index contributed by atoms with van der Waals surface area (Å²) < 4.78 is 0. The van der Waals surface area contributed by atoms with Gasteiger partial charge in [0.25, 0.3) is 0 Å². The molecule has 0 saturated carbocycles. The number of rotatable bonds is 4. The van der Waals surface area contributed by atoms with Gasteiger partial charge in [0.05, 0.1) is 11.6 Å². The Morgan fingerprint density at radius 2 is 1.48 bits per heavy atom. The second kappa shape index (κ2) is 6.20. The van der Waals surface area contributed by atoms with Crippen LogP contribution in [0, 0.1) is 6.92 Å². The number of aromatic nitrogens is 1. The molecule has 0 unspecified atom stereocenters. The lowest BCUT2D eigenvalue weighted by atomic mass is 9.92. The fourth-order valence-corrected chi connectivity index (χ4v) is 3.63. The van der Waals surface area contributed by atoms with Crippen LogP contribution < -0.4 is 5.73 Å². The maximum Gasteiger partial charge on any atom is 0.105 e. The Kier molecular flexibility index (Phi) is 4.13. The predicted molar refractivity (Wildman–Crippen MR) is 88.6 cm³/mol. The summed E-state index contributed by atoms with van der Waals surface area (Å²) >= 11 is 1.72. The molecule has 0 atom stereocenters.